The van der Waals surface area contributed by atoms with Gasteiger partial charge in [0.1, 0.15) is 5.75 Å². The van der Waals surface area contributed by atoms with Crippen molar-refractivity contribution in [2.24, 2.45) is 0 Å². The number of benzene rings is 2. The fraction of sp³-hybridized carbons (Fsp3) is 0.391. The maximum atomic E-state index is 12.2. The van der Waals surface area contributed by atoms with Crippen molar-refractivity contribution in [1.29, 1.82) is 0 Å². The number of ether oxygens (including phenoxy) is 1. The zero-order valence-electron chi connectivity index (χ0n) is 17.3. The number of rotatable bonds is 6. The molecule has 0 aliphatic rings. The van der Waals surface area contributed by atoms with Gasteiger partial charge in [0.2, 0.25) is 0 Å². The number of hydrogen-bond donors (Lipinski definition) is 2. The molecule has 2 N–H and O–H groups in total. The first-order valence-corrected chi connectivity index (χ1v) is 10.0. The largest absolute Gasteiger partial charge is 0.484 e. The topological polar surface area (TPSA) is 50.4 Å². The summed E-state index contributed by atoms with van der Waals surface area (Å²) in [4.78, 5) is 12.2. The molecule has 0 saturated carbocycles. The Labute approximate surface area is 173 Å². The van der Waals surface area contributed by atoms with Crippen molar-refractivity contribution in [2.45, 2.75) is 52.4 Å². The number of nitrogens with one attached hydrogen (secondary N) is 2. The minimum absolute atomic E-state index is 0.0827. The fourth-order valence-corrected chi connectivity index (χ4v) is 3.00. The van der Waals surface area contributed by atoms with Gasteiger partial charge in [-0.2, -0.15) is 0 Å². The van der Waals surface area contributed by atoms with Crippen molar-refractivity contribution in [3.63, 3.8) is 0 Å². The molecule has 0 heterocycles. The molecule has 0 radical (unpaired) electrons. The highest BCUT2D eigenvalue weighted by molar-refractivity contribution is 7.80. The third-order valence-corrected chi connectivity index (χ3v) is 4.90. The highest BCUT2D eigenvalue weighted by atomic mass is 32.1. The Morgan fingerprint density at radius 3 is 2.36 bits per heavy atom. The van der Waals surface area contributed by atoms with Gasteiger partial charge in [-0.3, -0.25) is 10.1 Å². The van der Waals surface area contributed by atoms with E-state index in [9.17, 15) is 4.79 Å². The number of anilines is 1. The van der Waals surface area contributed by atoms with Crippen molar-refractivity contribution in [2.75, 3.05) is 11.9 Å². The van der Waals surface area contributed by atoms with E-state index in [1.807, 2.05) is 42.5 Å². The fourth-order valence-electron chi connectivity index (χ4n) is 2.78. The molecular formula is C23H30N2O2S. The van der Waals surface area contributed by atoms with Gasteiger partial charge in [0.25, 0.3) is 5.91 Å². The Kier molecular flexibility index (Phi) is 7.58. The van der Waals surface area contributed by atoms with E-state index in [2.05, 4.69) is 51.3 Å². The number of hydrogen-bond acceptors (Lipinski definition) is 3. The van der Waals surface area contributed by atoms with E-state index in [0.717, 1.165) is 12.1 Å². The van der Waals surface area contributed by atoms with E-state index in [1.165, 1.54) is 11.1 Å². The van der Waals surface area contributed by atoms with Crippen molar-refractivity contribution in [3.05, 3.63) is 59.7 Å². The summed E-state index contributed by atoms with van der Waals surface area (Å²) >= 11 is 5.28. The smallest absolute Gasteiger partial charge is 0.264 e. The van der Waals surface area contributed by atoms with Crippen molar-refractivity contribution < 1.29 is 9.53 Å². The lowest BCUT2D eigenvalue weighted by molar-refractivity contribution is -0.121. The van der Waals surface area contributed by atoms with Crippen molar-refractivity contribution in [1.82, 2.24) is 5.32 Å². The van der Waals surface area contributed by atoms with E-state index in [4.69, 9.17) is 17.0 Å². The van der Waals surface area contributed by atoms with Crippen LogP contribution in [0, 0.1) is 0 Å². The van der Waals surface area contributed by atoms with E-state index in [0.29, 0.717) is 11.7 Å². The second kappa shape index (κ2) is 9.69. The molecule has 0 aromatic heterocycles. The number of amides is 1. The standard InChI is InChI=1S/C23H30N2O2S/c1-6-16(2)19-9-7-8-10-20(19)24-22(28)25-21(26)15-27-18-13-11-17(12-14-18)23(3,4)5/h7-14,16H,6,15H2,1-5H3,(H2,24,25,26,28)/t16-/m1/s1. The Morgan fingerprint density at radius 1 is 1.11 bits per heavy atom. The summed E-state index contributed by atoms with van der Waals surface area (Å²) < 4.78 is 5.57. The maximum Gasteiger partial charge on any atom is 0.264 e. The quantitative estimate of drug-likeness (QED) is 0.641. The Bertz CT molecular complexity index is 810. The lowest BCUT2D eigenvalue weighted by Gasteiger charge is -2.19. The maximum absolute atomic E-state index is 12.2. The predicted molar refractivity (Wildman–Crippen MR) is 120 cm³/mol. The molecule has 2 aromatic rings. The number of para-hydroxylation sites is 1. The second-order valence-corrected chi connectivity index (χ2v) is 8.37. The normalized spacial score (nSPS) is 12.2. The Hall–Kier alpha value is -2.40. The van der Waals surface area contributed by atoms with Crippen molar-refractivity contribution >= 4 is 28.9 Å². The van der Waals surface area contributed by atoms with Crippen molar-refractivity contribution in [3.8, 4) is 5.75 Å². The molecular weight excluding hydrogens is 368 g/mol. The molecule has 1 amide bonds. The van der Waals surface area contributed by atoms with Crippen LogP contribution in [0.5, 0.6) is 5.75 Å². The summed E-state index contributed by atoms with van der Waals surface area (Å²) in [6.45, 7) is 10.7. The van der Waals surface area contributed by atoms with Crippen LogP contribution in [0.4, 0.5) is 5.69 Å². The van der Waals surface area contributed by atoms with Gasteiger partial charge in [-0.25, -0.2) is 0 Å². The van der Waals surface area contributed by atoms with Crippen LogP contribution in [-0.4, -0.2) is 17.6 Å². The molecule has 2 rings (SSSR count). The molecule has 0 aliphatic carbocycles. The molecule has 2 aromatic carbocycles. The third kappa shape index (κ3) is 6.34. The summed E-state index contributed by atoms with van der Waals surface area (Å²) in [7, 11) is 0. The van der Waals surface area contributed by atoms with Crippen LogP contribution in [0.3, 0.4) is 0 Å². The lowest BCUT2D eigenvalue weighted by atomic mass is 9.87. The first-order valence-electron chi connectivity index (χ1n) is 9.63. The molecule has 0 unspecified atom stereocenters. The van der Waals surface area contributed by atoms with Gasteiger partial charge < -0.3 is 10.1 Å². The predicted octanol–water partition coefficient (Wildman–Crippen LogP) is 5.39. The van der Waals surface area contributed by atoms with Crippen LogP contribution in [0.15, 0.2) is 48.5 Å². The van der Waals surface area contributed by atoms with Gasteiger partial charge in [-0.05, 0) is 59.3 Å². The zero-order valence-corrected chi connectivity index (χ0v) is 18.2. The molecule has 0 bridgehead atoms. The summed E-state index contributed by atoms with van der Waals surface area (Å²) in [5.74, 6) is 0.768. The molecule has 0 fully saturated rings. The zero-order chi connectivity index (χ0) is 20.7. The molecule has 150 valence electrons. The average molecular weight is 399 g/mol. The van der Waals surface area contributed by atoms with Gasteiger partial charge in [-0.1, -0.05) is 65.0 Å². The highest BCUT2D eigenvalue weighted by Gasteiger charge is 2.14. The van der Waals surface area contributed by atoms with Gasteiger partial charge >= 0.3 is 0 Å². The van der Waals surface area contributed by atoms with Gasteiger partial charge in [0.15, 0.2) is 11.7 Å². The lowest BCUT2D eigenvalue weighted by Crippen LogP contribution is -2.37. The molecule has 1 atom stereocenters. The van der Waals surface area contributed by atoms with Crippen LogP contribution in [0.1, 0.15) is 58.1 Å². The van der Waals surface area contributed by atoms with Gasteiger partial charge in [0, 0.05) is 5.69 Å². The van der Waals surface area contributed by atoms with Gasteiger partial charge in [-0.15, -0.1) is 0 Å². The number of thiocarbonyl (C=S) groups is 1. The Morgan fingerprint density at radius 2 is 1.75 bits per heavy atom. The van der Waals surface area contributed by atoms with E-state index >= 15 is 0 Å². The molecule has 28 heavy (non-hydrogen) atoms. The first-order chi connectivity index (χ1) is 13.2. The summed E-state index contributed by atoms with van der Waals surface area (Å²) in [5, 5.41) is 6.07. The minimum Gasteiger partial charge on any atom is -0.484 e. The SMILES string of the molecule is CC[C@@H](C)c1ccccc1NC(=S)NC(=O)COc1ccc(C(C)(C)C)cc1. The van der Waals surface area contributed by atoms with Crippen LogP contribution in [0.2, 0.25) is 0 Å². The minimum atomic E-state index is -0.293. The number of carbonyl (C=O) groups excluding carboxylic acids is 1. The second-order valence-electron chi connectivity index (χ2n) is 7.96. The van der Waals surface area contributed by atoms with E-state index < -0.39 is 0 Å². The van der Waals surface area contributed by atoms with Crippen LogP contribution < -0.4 is 15.4 Å². The monoisotopic (exact) mass is 398 g/mol. The Balaban J connectivity index is 1.87. The average Bonchev–Trinajstić information content (AvgIpc) is 2.65. The number of carbonyl (C=O) groups is 1. The first kappa shape index (κ1) is 21.9. The third-order valence-electron chi connectivity index (χ3n) is 4.70. The molecule has 4 nitrogen and oxygen atoms in total. The molecule has 0 aliphatic heterocycles. The summed E-state index contributed by atoms with van der Waals surface area (Å²) in [6.07, 6.45) is 1.03. The van der Waals surface area contributed by atoms with Crippen LogP contribution in [-0.2, 0) is 10.2 Å². The summed E-state index contributed by atoms with van der Waals surface area (Å²) in [5.41, 5.74) is 3.39. The van der Waals surface area contributed by atoms with Gasteiger partial charge in [0.05, 0.1) is 0 Å². The highest BCUT2D eigenvalue weighted by Crippen LogP contribution is 2.26. The summed E-state index contributed by atoms with van der Waals surface area (Å²) in [6, 6.07) is 15.8. The molecule has 0 saturated heterocycles. The molecule has 0 spiro atoms. The van der Waals surface area contributed by atoms with E-state index in [-0.39, 0.29) is 23.0 Å². The van der Waals surface area contributed by atoms with Crippen LogP contribution in [0.25, 0.3) is 0 Å². The molecule has 5 heteroatoms. The van der Waals surface area contributed by atoms with Crippen LogP contribution >= 0.6 is 12.2 Å². The van der Waals surface area contributed by atoms with E-state index in [1.54, 1.807) is 0 Å².